The molecule has 27 heavy (non-hydrogen) atoms. The monoisotopic (exact) mass is 369 g/mol. The minimum Gasteiger partial charge on any atom is -0.342 e. The molecule has 4 nitrogen and oxygen atoms in total. The first-order valence-corrected chi connectivity index (χ1v) is 11.1. The number of hydrogen-bond donors (Lipinski definition) is 0. The van der Waals surface area contributed by atoms with Crippen LogP contribution in [0.3, 0.4) is 0 Å². The second-order valence-electron chi connectivity index (χ2n) is 8.67. The number of carbonyl (C=O) groups excluding carboxylic acids is 1. The van der Waals surface area contributed by atoms with Crippen LogP contribution in [0, 0.1) is 5.92 Å². The third kappa shape index (κ3) is 4.91. The maximum absolute atomic E-state index is 12.8. The van der Waals surface area contributed by atoms with Crippen LogP contribution in [0.2, 0.25) is 0 Å². The normalized spacial score (nSPS) is 25.8. The largest absolute Gasteiger partial charge is 0.342 e. The molecule has 0 bridgehead atoms. The summed E-state index contributed by atoms with van der Waals surface area (Å²) in [5.74, 6) is 0.699. The Labute approximate surface area is 164 Å². The predicted molar refractivity (Wildman–Crippen MR) is 110 cm³/mol. The van der Waals surface area contributed by atoms with Gasteiger partial charge >= 0.3 is 0 Å². The van der Waals surface area contributed by atoms with E-state index in [9.17, 15) is 4.79 Å². The van der Waals surface area contributed by atoms with E-state index in [0.29, 0.717) is 11.9 Å². The smallest absolute Gasteiger partial charge is 0.226 e. The molecule has 0 saturated carbocycles. The summed E-state index contributed by atoms with van der Waals surface area (Å²) >= 11 is 0. The Morgan fingerprint density at radius 3 is 2.37 bits per heavy atom. The molecule has 1 amide bonds. The molecule has 1 unspecified atom stereocenters. The summed E-state index contributed by atoms with van der Waals surface area (Å²) in [7, 11) is 0. The summed E-state index contributed by atoms with van der Waals surface area (Å²) in [6.07, 6.45) is 8.37. The molecule has 0 spiro atoms. The van der Waals surface area contributed by atoms with Crippen LogP contribution in [-0.4, -0.2) is 72.5 Å². The molecule has 3 aliphatic rings. The van der Waals surface area contributed by atoms with Gasteiger partial charge < -0.3 is 9.80 Å². The zero-order valence-electron chi connectivity index (χ0n) is 16.7. The Morgan fingerprint density at radius 1 is 0.889 bits per heavy atom. The summed E-state index contributed by atoms with van der Waals surface area (Å²) in [4.78, 5) is 20.2. The van der Waals surface area contributed by atoms with E-state index in [4.69, 9.17) is 0 Å². The van der Waals surface area contributed by atoms with Crippen molar-refractivity contribution in [3.63, 3.8) is 0 Å². The lowest BCUT2D eigenvalue weighted by atomic mass is 9.93. The second kappa shape index (κ2) is 9.20. The molecule has 148 valence electrons. The number of rotatable bonds is 5. The summed E-state index contributed by atoms with van der Waals surface area (Å²) in [5.41, 5.74) is 1.44. The molecule has 1 aromatic rings. The second-order valence-corrected chi connectivity index (χ2v) is 8.67. The number of piperidine rings is 2. The van der Waals surface area contributed by atoms with Gasteiger partial charge in [0.15, 0.2) is 0 Å². The highest BCUT2D eigenvalue weighted by molar-refractivity contribution is 5.79. The lowest BCUT2D eigenvalue weighted by molar-refractivity contribution is -0.136. The summed E-state index contributed by atoms with van der Waals surface area (Å²) in [6, 6.07) is 11.5. The molecule has 1 aromatic carbocycles. The molecular formula is C23H35N3O. The predicted octanol–water partition coefficient (Wildman–Crippen LogP) is 3.03. The highest BCUT2D eigenvalue weighted by atomic mass is 16.2. The van der Waals surface area contributed by atoms with Crippen molar-refractivity contribution in [2.45, 2.75) is 51.0 Å². The van der Waals surface area contributed by atoms with Gasteiger partial charge in [0.1, 0.15) is 0 Å². The van der Waals surface area contributed by atoms with E-state index in [2.05, 4.69) is 45.0 Å². The van der Waals surface area contributed by atoms with Crippen molar-refractivity contribution in [1.82, 2.24) is 14.7 Å². The third-order valence-corrected chi connectivity index (χ3v) is 6.85. The number of likely N-dealkylation sites (tertiary alicyclic amines) is 3. The van der Waals surface area contributed by atoms with Crippen LogP contribution in [-0.2, 0) is 11.2 Å². The highest BCUT2D eigenvalue weighted by Gasteiger charge is 2.34. The number of nitrogens with zero attached hydrogens (tertiary/aromatic N) is 3. The lowest BCUT2D eigenvalue weighted by Gasteiger charge is -2.42. The van der Waals surface area contributed by atoms with Crippen molar-refractivity contribution >= 4 is 5.91 Å². The molecule has 0 aromatic heterocycles. The standard InChI is InChI=1S/C23H35N3O/c27-23(25-13-4-5-14-25)21-9-6-15-26(19-21)22-11-17-24(18-12-22)16-10-20-7-2-1-3-8-20/h1-3,7-8,21-22H,4-6,9-19H2. The Morgan fingerprint density at radius 2 is 1.63 bits per heavy atom. The van der Waals surface area contributed by atoms with E-state index in [0.717, 1.165) is 32.5 Å². The minimum atomic E-state index is 0.257. The first-order chi connectivity index (χ1) is 13.3. The fourth-order valence-corrected chi connectivity index (χ4v) is 5.18. The minimum absolute atomic E-state index is 0.257. The topological polar surface area (TPSA) is 26.8 Å². The van der Waals surface area contributed by atoms with Crippen LogP contribution in [0.15, 0.2) is 30.3 Å². The maximum Gasteiger partial charge on any atom is 0.226 e. The van der Waals surface area contributed by atoms with E-state index in [-0.39, 0.29) is 5.92 Å². The molecule has 3 saturated heterocycles. The summed E-state index contributed by atoms with van der Waals surface area (Å²) in [5, 5.41) is 0. The molecule has 3 aliphatic heterocycles. The highest BCUT2D eigenvalue weighted by Crippen LogP contribution is 2.26. The van der Waals surface area contributed by atoms with Gasteiger partial charge in [-0.15, -0.1) is 0 Å². The van der Waals surface area contributed by atoms with Gasteiger partial charge in [-0.3, -0.25) is 9.69 Å². The van der Waals surface area contributed by atoms with E-state index < -0.39 is 0 Å². The molecule has 4 heteroatoms. The van der Waals surface area contributed by atoms with Gasteiger partial charge in [0.2, 0.25) is 5.91 Å². The number of hydrogen-bond acceptors (Lipinski definition) is 3. The molecule has 0 aliphatic carbocycles. The van der Waals surface area contributed by atoms with Crippen LogP contribution < -0.4 is 0 Å². The van der Waals surface area contributed by atoms with Crippen LogP contribution >= 0.6 is 0 Å². The molecule has 4 rings (SSSR count). The van der Waals surface area contributed by atoms with Crippen molar-refractivity contribution in [3.8, 4) is 0 Å². The van der Waals surface area contributed by atoms with Gasteiger partial charge in [-0.25, -0.2) is 0 Å². The zero-order chi connectivity index (χ0) is 18.5. The SMILES string of the molecule is O=C(C1CCCN(C2CCN(CCc3ccccc3)CC2)C1)N1CCCC1. The fraction of sp³-hybridized carbons (Fsp3) is 0.696. The third-order valence-electron chi connectivity index (χ3n) is 6.85. The first-order valence-electron chi connectivity index (χ1n) is 11.1. The quantitative estimate of drug-likeness (QED) is 0.798. The Bertz CT molecular complexity index is 591. The molecule has 0 radical (unpaired) electrons. The van der Waals surface area contributed by atoms with Gasteiger partial charge in [0.05, 0.1) is 5.92 Å². The van der Waals surface area contributed by atoms with E-state index in [1.54, 1.807) is 0 Å². The van der Waals surface area contributed by atoms with Crippen LogP contribution in [0.4, 0.5) is 0 Å². The van der Waals surface area contributed by atoms with Crippen LogP contribution in [0.25, 0.3) is 0 Å². The van der Waals surface area contributed by atoms with Gasteiger partial charge in [-0.05, 0) is 70.1 Å². The van der Waals surface area contributed by atoms with E-state index in [1.807, 2.05) is 0 Å². The maximum atomic E-state index is 12.8. The van der Waals surface area contributed by atoms with Crippen LogP contribution in [0.5, 0.6) is 0 Å². The zero-order valence-corrected chi connectivity index (χ0v) is 16.7. The average Bonchev–Trinajstić information content (AvgIpc) is 3.28. The molecule has 1 atom stereocenters. The van der Waals surface area contributed by atoms with E-state index in [1.165, 1.54) is 63.8 Å². The van der Waals surface area contributed by atoms with Crippen molar-refractivity contribution < 1.29 is 4.79 Å². The first kappa shape index (κ1) is 18.9. The number of carbonyl (C=O) groups is 1. The van der Waals surface area contributed by atoms with Gasteiger partial charge in [0, 0.05) is 32.2 Å². The number of benzene rings is 1. The molecule has 3 fully saturated rings. The molecule has 3 heterocycles. The Kier molecular flexibility index (Phi) is 6.46. The van der Waals surface area contributed by atoms with Gasteiger partial charge in [0.25, 0.3) is 0 Å². The van der Waals surface area contributed by atoms with Crippen molar-refractivity contribution in [2.75, 3.05) is 45.8 Å². The van der Waals surface area contributed by atoms with Crippen LogP contribution in [0.1, 0.15) is 44.1 Å². The lowest BCUT2D eigenvalue weighted by Crippen LogP contribution is -2.51. The van der Waals surface area contributed by atoms with Crippen molar-refractivity contribution in [2.24, 2.45) is 5.92 Å². The average molecular weight is 370 g/mol. The summed E-state index contributed by atoms with van der Waals surface area (Å²) < 4.78 is 0. The van der Waals surface area contributed by atoms with Gasteiger partial charge in [-0.2, -0.15) is 0 Å². The number of amides is 1. The van der Waals surface area contributed by atoms with Crippen molar-refractivity contribution in [1.29, 1.82) is 0 Å². The Balaban J connectivity index is 1.22. The fourth-order valence-electron chi connectivity index (χ4n) is 5.18. The molecule has 0 N–H and O–H groups in total. The summed E-state index contributed by atoms with van der Waals surface area (Å²) in [6.45, 7) is 7.77. The molecular weight excluding hydrogens is 334 g/mol. The van der Waals surface area contributed by atoms with E-state index >= 15 is 0 Å². The Hall–Kier alpha value is -1.39. The van der Waals surface area contributed by atoms with Crippen molar-refractivity contribution in [3.05, 3.63) is 35.9 Å². The van der Waals surface area contributed by atoms with Gasteiger partial charge in [-0.1, -0.05) is 30.3 Å².